The molecule has 0 aliphatic rings. The standard InChI is InChI=1S/C63H108O5/c1-4-7-10-13-16-19-22-25-28-30-32-34-36-38-41-44-47-50-53-56-62(64)67-60-61(59-66-58-55-52-49-46-43-40-27-24-21-18-15-12-9-6-3)68-63(65)57-54-51-48-45-42-39-37-35-33-31-29-26-23-20-17-14-11-8-5-2/h7-8,10-11,16-17,19-20,25-26,28-29,32-35,61H,4-6,9,12-15,18,21-24,27,30-31,36-60H2,1-3H3/b10-7-,11-8-,19-16-,20-17-,28-25-,29-26-,34-32-,35-33-. The molecule has 1 atom stereocenters. The van der Waals surface area contributed by atoms with E-state index in [2.05, 4.69) is 118 Å². The fourth-order valence-corrected chi connectivity index (χ4v) is 7.90. The highest BCUT2D eigenvalue weighted by molar-refractivity contribution is 5.70. The van der Waals surface area contributed by atoms with Crippen LogP contribution in [0.2, 0.25) is 0 Å². The molecule has 0 fully saturated rings. The van der Waals surface area contributed by atoms with Gasteiger partial charge in [-0.3, -0.25) is 9.59 Å². The van der Waals surface area contributed by atoms with E-state index in [1.807, 2.05) is 0 Å². The van der Waals surface area contributed by atoms with Crippen molar-refractivity contribution in [3.05, 3.63) is 97.2 Å². The van der Waals surface area contributed by atoms with Crippen LogP contribution < -0.4 is 0 Å². The van der Waals surface area contributed by atoms with Crippen molar-refractivity contribution >= 4 is 11.9 Å². The molecule has 390 valence electrons. The summed E-state index contributed by atoms with van der Waals surface area (Å²) >= 11 is 0. The van der Waals surface area contributed by atoms with E-state index < -0.39 is 6.10 Å². The molecule has 5 heteroatoms. The van der Waals surface area contributed by atoms with Gasteiger partial charge in [0, 0.05) is 19.4 Å². The van der Waals surface area contributed by atoms with E-state index in [-0.39, 0.29) is 25.2 Å². The third-order valence-electron chi connectivity index (χ3n) is 12.1. The van der Waals surface area contributed by atoms with Gasteiger partial charge in [0.05, 0.1) is 6.61 Å². The average molecular weight is 946 g/mol. The van der Waals surface area contributed by atoms with Gasteiger partial charge in [0.25, 0.3) is 0 Å². The number of hydrogen-bond acceptors (Lipinski definition) is 5. The molecular formula is C63H108O5. The van der Waals surface area contributed by atoms with Crippen molar-refractivity contribution in [2.45, 2.75) is 271 Å². The number of allylic oxidation sites excluding steroid dienone is 16. The predicted molar refractivity (Wildman–Crippen MR) is 297 cm³/mol. The van der Waals surface area contributed by atoms with Crippen molar-refractivity contribution < 1.29 is 23.8 Å². The molecule has 5 nitrogen and oxygen atoms in total. The molecule has 0 radical (unpaired) electrons. The average Bonchev–Trinajstić information content (AvgIpc) is 3.34. The summed E-state index contributed by atoms with van der Waals surface area (Å²) in [6, 6.07) is 0. The van der Waals surface area contributed by atoms with Crippen LogP contribution in [-0.4, -0.2) is 37.9 Å². The van der Waals surface area contributed by atoms with E-state index in [4.69, 9.17) is 14.2 Å². The zero-order valence-corrected chi connectivity index (χ0v) is 44.8. The lowest BCUT2D eigenvalue weighted by Gasteiger charge is -2.18. The molecule has 0 aliphatic carbocycles. The SMILES string of the molecule is CC/C=C\C/C=C\C/C=C\C/C=C\CCCCCCCCC(=O)OCC(COCCCCCCCCCCCCCCCC)OC(=O)CCCCCCCC/C=C\C/C=C\C/C=C\C/C=C\CC. The highest BCUT2D eigenvalue weighted by Crippen LogP contribution is 2.15. The lowest BCUT2D eigenvalue weighted by molar-refractivity contribution is -0.163. The van der Waals surface area contributed by atoms with Crippen LogP contribution in [0, 0.1) is 0 Å². The van der Waals surface area contributed by atoms with Gasteiger partial charge in [0.15, 0.2) is 6.10 Å². The van der Waals surface area contributed by atoms with E-state index in [9.17, 15) is 9.59 Å². The van der Waals surface area contributed by atoms with Crippen LogP contribution in [0.1, 0.15) is 265 Å². The molecule has 0 saturated heterocycles. The summed E-state index contributed by atoms with van der Waals surface area (Å²) < 4.78 is 17.5. The van der Waals surface area contributed by atoms with E-state index in [1.165, 1.54) is 116 Å². The zero-order chi connectivity index (χ0) is 49.2. The minimum absolute atomic E-state index is 0.0693. The normalized spacial score (nSPS) is 12.9. The van der Waals surface area contributed by atoms with Crippen LogP contribution in [0.5, 0.6) is 0 Å². The van der Waals surface area contributed by atoms with Crippen molar-refractivity contribution in [3.8, 4) is 0 Å². The maximum Gasteiger partial charge on any atom is 0.306 e. The van der Waals surface area contributed by atoms with Crippen molar-refractivity contribution in [3.63, 3.8) is 0 Å². The molecule has 0 N–H and O–H groups in total. The summed E-state index contributed by atoms with van der Waals surface area (Å²) in [5.74, 6) is -0.424. The van der Waals surface area contributed by atoms with Gasteiger partial charge >= 0.3 is 11.9 Å². The lowest BCUT2D eigenvalue weighted by Crippen LogP contribution is -2.30. The zero-order valence-electron chi connectivity index (χ0n) is 44.8. The first-order chi connectivity index (χ1) is 33.6. The summed E-state index contributed by atoms with van der Waals surface area (Å²) in [5, 5.41) is 0. The monoisotopic (exact) mass is 945 g/mol. The number of esters is 2. The Balaban J connectivity index is 4.32. The number of unbranched alkanes of at least 4 members (excludes halogenated alkanes) is 25. The Morgan fingerprint density at radius 3 is 1.06 bits per heavy atom. The van der Waals surface area contributed by atoms with E-state index in [1.54, 1.807) is 0 Å². The Hall–Kier alpha value is -3.18. The smallest absolute Gasteiger partial charge is 0.306 e. The van der Waals surface area contributed by atoms with E-state index >= 15 is 0 Å². The molecule has 0 bridgehead atoms. The number of ether oxygens (including phenoxy) is 3. The number of carbonyl (C=O) groups is 2. The minimum Gasteiger partial charge on any atom is -0.462 e. The molecule has 0 rings (SSSR count). The van der Waals surface area contributed by atoms with E-state index in [0.29, 0.717) is 19.4 Å². The Labute approximate surface area is 422 Å². The van der Waals surface area contributed by atoms with Crippen LogP contribution in [0.15, 0.2) is 97.2 Å². The first kappa shape index (κ1) is 64.8. The minimum atomic E-state index is -0.554. The molecule has 0 spiro atoms. The third-order valence-corrected chi connectivity index (χ3v) is 12.1. The summed E-state index contributed by atoms with van der Waals surface area (Å²) in [5.41, 5.74) is 0. The number of hydrogen-bond donors (Lipinski definition) is 0. The van der Waals surface area contributed by atoms with Gasteiger partial charge in [-0.2, -0.15) is 0 Å². The second-order valence-corrected chi connectivity index (χ2v) is 18.8. The number of carbonyl (C=O) groups excluding carboxylic acids is 2. The van der Waals surface area contributed by atoms with Gasteiger partial charge in [0.2, 0.25) is 0 Å². The summed E-state index contributed by atoms with van der Waals surface area (Å²) in [6.07, 6.45) is 78.5. The molecule has 0 aliphatic heterocycles. The maximum atomic E-state index is 12.9. The second-order valence-electron chi connectivity index (χ2n) is 18.8. The van der Waals surface area contributed by atoms with Gasteiger partial charge in [-0.1, -0.05) is 253 Å². The van der Waals surface area contributed by atoms with Crippen molar-refractivity contribution in [1.29, 1.82) is 0 Å². The first-order valence-electron chi connectivity index (χ1n) is 28.8. The van der Waals surface area contributed by atoms with Crippen molar-refractivity contribution in [1.82, 2.24) is 0 Å². The molecule has 0 amide bonds. The molecule has 1 unspecified atom stereocenters. The van der Waals surface area contributed by atoms with Gasteiger partial charge in [-0.25, -0.2) is 0 Å². The quantitative estimate of drug-likeness (QED) is 0.0345. The molecule has 0 aromatic rings. The third kappa shape index (κ3) is 55.4. The van der Waals surface area contributed by atoms with Crippen LogP contribution in [0.3, 0.4) is 0 Å². The van der Waals surface area contributed by atoms with E-state index in [0.717, 1.165) is 116 Å². The second kappa shape index (κ2) is 58.1. The van der Waals surface area contributed by atoms with Crippen LogP contribution >= 0.6 is 0 Å². The van der Waals surface area contributed by atoms with Gasteiger partial charge in [0.1, 0.15) is 6.61 Å². The van der Waals surface area contributed by atoms with Gasteiger partial charge in [-0.15, -0.1) is 0 Å². The van der Waals surface area contributed by atoms with Crippen LogP contribution in [-0.2, 0) is 23.8 Å². The summed E-state index contributed by atoms with van der Waals surface area (Å²) in [7, 11) is 0. The predicted octanol–water partition coefficient (Wildman–Crippen LogP) is 19.8. The van der Waals surface area contributed by atoms with Crippen LogP contribution in [0.4, 0.5) is 0 Å². The Bertz CT molecular complexity index is 1300. The summed E-state index contributed by atoms with van der Waals surface area (Å²) in [4.78, 5) is 25.5. The topological polar surface area (TPSA) is 61.8 Å². The van der Waals surface area contributed by atoms with Crippen molar-refractivity contribution in [2.24, 2.45) is 0 Å². The van der Waals surface area contributed by atoms with Gasteiger partial charge in [-0.05, 0) is 96.3 Å². The number of rotatable bonds is 52. The molecule has 68 heavy (non-hydrogen) atoms. The highest BCUT2D eigenvalue weighted by Gasteiger charge is 2.17. The largest absolute Gasteiger partial charge is 0.462 e. The molecule has 0 saturated carbocycles. The molecule has 0 heterocycles. The maximum absolute atomic E-state index is 12.9. The van der Waals surface area contributed by atoms with Gasteiger partial charge < -0.3 is 14.2 Å². The first-order valence-corrected chi connectivity index (χ1v) is 28.8. The molecule has 0 aromatic carbocycles. The Kier molecular flexibility index (Phi) is 55.4. The van der Waals surface area contributed by atoms with Crippen LogP contribution in [0.25, 0.3) is 0 Å². The highest BCUT2D eigenvalue weighted by atomic mass is 16.6. The summed E-state index contributed by atoms with van der Waals surface area (Å²) in [6.45, 7) is 7.60. The fraction of sp³-hybridized carbons (Fsp3) is 0.714. The molecule has 0 aromatic heterocycles. The fourth-order valence-electron chi connectivity index (χ4n) is 7.90. The van der Waals surface area contributed by atoms with Crippen molar-refractivity contribution in [2.75, 3.05) is 19.8 Å². The Morgan fingerprint density at radius 1 is 0.338 bits per heavy atom. The Morgan fingerprint density at radius 2 is 0.662 bits per heavy atom. The lowest BCUT2D eigenvalue weighted by atomic mass is 10.0. The molecular weight excluding hydrogens is 837 g/mol.